The fourth-order valence-electron chi connectivity index (χ4n) is 2.20. The normalized spacial score (nSPS) is 24.9. The van der Waals surface area contributed by atoms with E-state index in [1.54, 1.807) is 0 Å². The van der Waals surface area contributed by atoms with Gasteiger partial charge in [-0.15, -0.1) is 0 Å². The summed E-state index contributed by atoms with van der Waals surface area (Å²) in [5.41, 5.74) is 0.0927. The Labute approximate surface area is 109 Å². The predicted octanol–water partition coefficient (Wildman–Crippen LogP) is 2.16. The number of hydrogen-bond acceptors (Lipinski definition) is 3. The number of thioether (sulfide) groups is 1. The van der Waals surface area contributed by atoms with Crippen LogP contribution in [0.2, 0.25) is 0 Å². The van der Waals surface area contributed by atoms with Crippen LogP contribution in [0.15, 0.2) is 0 Å². The zero-order valence-electron chi connectivity index (χ0n) is 11.5. The van der Waals surface area contributed by atoms with Gasteiger partial charge in [0.05, 0.1) is 0 Å². The second kappa shape index (κ2) is 6.64. The van der Waals surface area contributed by atoms with Gasteiger partial charge in [-0.1, -0.05) is 6.42 Å². The molecule has 0 heterocycles. The molecule has 100 valence electrons. The van der Waals surface area contributed by atoms with Crippen molar-refractivity contribution in [1.29, 1.82) is 0 Å². The summed E-state index contributed by atoms with van der Waals surface area (Å²) in [4.78, 5) is 11.8. The Morgan fingerprint density at radius 1 is 1.35 bits per heavy atom. The highest BCUT2D eigenvalue weighted by Crippen LogP contribution is 2.28. The lowest BCUT2D eigenvalue weighted by Crippen LogP contribution is -2.42. The van der Waals surface area contributed by atoms with E-state index in [4.69, 9.17) is 0 Å². The minimum atomic E-state index is 0.0927. The Balaban J connectivity index is 2.21. The first kappa shape index (κ1) is 14.8. The molecule has 0 radical (unpaired) electrons. The summed E-state index contributed by atoms with van der Waals surface area (Å²) in [7, 11) is 0. The second-order valence-corrected chi connectivity index (χ2v) is 6.88. The van der Waals surface area contributed by atoms with Crippen molar-refractivity contribution < 1.29 is 4.79 Å². The van der Waals surface area contributed by atoms with E-state index >= 15 is 0 Å². The van der Waals surface area contributed by atoms with Gasteiger partial charge in [-0.2, -0.15) is 11.8 Å². The average Bonchev–Trinajstić information content (AvgIpc) is 2.63. The van der Waals surface area contributed by atoms with Crippen molar-refractivity contribution >= 4 is 17.7 Å². The Morgan fingerprint density at radius 2 is 2.06 bits per heavy atom. The first-order chi connectivity index (χ1) is 7.92. The monoisotopic (exact) mass is 258 g/mol. The molecule has 2 unspecified atom stereocenters. The molecule has 3 nitrogen and oxygen atoms in total. The van der Waals surface area contributed by atoms with Crippen molar-refractivity contribution in [3.8, 4) is 0 Å². The van der Waals surface area contributed by atoms with Gasteiger partial charge >= 0.3 is 0 Å². The van der Waals surface area contributed by atoms with E-state index in [9.17, 15) is 4.79 Å². The van der Waals surface area contributed by atoms with E-state index in [-0.39, 0.29) is 11.4 Å². The third-order valence-electron chi connectivity index (χ3n) is 3.11. The van der Waals surface area contributed by atoms with Crippen LogP contribution in [0.3, 0.4) is 0 Å². The number of amides is 1. The molecule has 1 amide bonds. The quantitative estimate of drug-likeness (QED) is 0.794. The van der Waals surface area contributed by atoms with Gasteiger partial charge in [0.1, 0.15) is 0 Å². The molecule has 17 heavy (non-hydrogen) atoms. The Morgan fingerprint density at radius 3 is 2.65 bits per heavy atom. The molecule has 1 fully saturated rings. The molecule has 1 aliphatic carbocycles. The van der Waals surface area contributed by atoms with Crippen LogP contribution in [0, 0.1) is 0 Å². The third kappa shape index (κ3) is 5.77. The van der Waals surface area contributed by atoms with E-state index in [1.807, 2.05) is 11.8 Å². The first-order valence-electron chi connectivity index (χ1n) is 6.49. The van der Waals surface area contributed by atoms with E-state index in [1.165, 1.54) is 12.8 Å². The molecule has 1 rings (SSSR count). The summed E-state index contributed by atoms with van der Waals surface area (Å²) in [5.74, 6) is 0.188. The molecule has 2 N–H and O–H groups in total. The summed E-state index contributed by atoms with van der Waals surface area (Å²) in [6.07, 6.45) is 6.35. The van der Waals surface area contributed by atoms with Crippen LogP contribution in [0.5, 0.6) is 0 Å². The molecule has 4 heteroatoms. The highest BCUT2D eigenvalue weighted by Gasteiger charge is 2.27. The smallest absolute Gasteiger partial charge is 0.221 e. The highest BCUT2D eigenvalue weighted by molar-refractivity contribution is 7.99. The van der Waals surface area contributed by atoms with Gasteiger partial charge in [0.25, 0.3) is 0 Å². The Bertz CT molecular complexity index is 250. The number of carbonyl (C=O) groups excluding carboxylic acids is 1. The maximum Gasteiger partial charge on any atom is 0.221 e. The molecular weight excluding hydrogens is 232 g/mol. The minimum absolute atomic E-state index is 0.0927. The SMILES string of the molecule is CSC1CCCC1NC(=O)CCNC(C)(C)C. The standard InChI is InChI=1S/C13H26N2OS/c1-13(2,3)14-9-8-12(16)15-10-6-5-7-11(10)17-4/h10-11,14H,5-9H2,1-4H3,(H,15,16). The summed E-state index contributed by atoms with van der Waals surface area (Å²) >= 11 is 1.88. The van der Waals surface area contributed by atoms with Crippen molar-refractivity contribution in [2.45, 2.75) is 63.3 Å². The van der Waals surface area contributed by atoms with Crippen molar-refractivity contribution in [2.24, 2.45) is 0 Å². The molecule has 1 saturated carbocycles. The van der Waals surface area contributed by atoms with Crippen LogP contribution in [-0.2, 0) is 4.79 Å². The number of hydrogen-bond donors (Lipinski definition) is 2. The van der Waals surface area contributed by atoms with Gasteiger partial charge in [0.15, 0.2) is 0 Å². The molecule has 0 aliphatic heterocycles. The zero-order chi connectivity index (χ0) is 12.9. The van der Waals surface area contributed by atoms with Crippen LogP contribution in [0.1, 0.15) is 46.5 Å². The van der Waals surface area contributed by atoms with Gasteiger partial charge in [0, 0.05) is 29.8 Å². The Hall–Kier alpha value is -0.220. The third-order valence-corrected chi connectivity index (χ3v) is 4.28. The summed E-state index contributed by atoms with van der Waals surface area (Å²) < 4.78 is 0. The molecule has 0 bridgehead atoms. The number of nitrogens with one attached hydrogen (secondary N) is 2. The van der Waals surface area contributed by atoms with Crippen molar-refractivity contribution in [1.82, 2.24) is 10.6 Å². The lowest BCUT2D eigenvalue weighted by atomic mass is 10.1. The van der Waals surface area contributed by atoms with Crippen molar-refractivity contribution in [3.63, 3.8) is 0 Å². The van der Waals surface area contributed by atoms with Crippen LogP contribution in [0.25, 0.3) is 0 Å². The average molecular weight is 258 g/mol. The molecule has 0 aromatic carbocycles. The molecule has 0 spiro atoms. The number of carbonyl (C=O) groups is 1. The van der Waals surface area contributed by atoms with Crippen LogP contribution in [-0.4, -0.2) is 35.5 Å². The Kier molecular flexibility index (Phi) is 5.80. The molecular formula is C13H26N2OS. The molecule has 0 saturated heterocycles. The highest BCUT2D eigenvalue weighted by atomic mass is 32.2. The van der Waals surface area contributed by atoms with Gasteiger partial charge in [0.2, 0.25) is 5.91 Å². The minimum Gasteiger partial charge on any atom is -0.352 e. The summed E-state index contributed by atoms with van der Waals surface area (Å²) in [6, 6.07) is 0.395. The van der Waals surface area contributed by atoms with Crippen LogP contribution >= 0.6 is 11.8 Å². The fraction of sp³-hybridized carbons (Fsp3) is 0.923. The van der Waals surface area contributed by atoms with Crippen molar-refractivity contribution in [2.75, 3.05) is 12.8 Å². The maximum atomic E-state index is 11.8. The van der Waals surface area contributed by atoms with E-state index in [0.717, 1.165) is 13.0 Å². The topological polar surface area (TPSA) is 41.1 Å². The molecule has 0 aromatic rings. The molecule has 2 atom stereocenters. The van der Waals surface area contributed by atoms with E-state index < -0.39 is 0 Å². The molecule has 0 aromatic heterocycles. The van der Waals surface area contributed by atoms with Gasteiger partial charge in [-0.3, -0.25) is 4.79 Å². The lowest BCUT2D eigenvalue weighted by Gasteiger charge is -2.22. The number of rotatable bonds is 5. The lowest BCUT2D eigenvalue weighted by molar-refractivity contribution is -0.121. The van der Waals surface area contributed by atoms with Crippen molar-refractivity contribution in [3.05, 3.63) is 0 Å². The zero-order valence-corrected chi connectivity index (χ0v) is 12.3. The predicted molar refractivity (Wildman–Crippen MR) is 75.5 cm³/mol. The summed E-state index contributed by atoms with van der Waals surface area (Å²) in [5, 5.41) is 7.12. The van der Waals surface area contributed by atoms with Gasteiger partial charge < -0.3 is 10.6 Å². The largest absolute Gasteiger partial charge is 0.352 e. The summed E-state index contributed by atoms with van der Waals surface area (Å²) in [6.45, 7) is 7.11. The second-order valence-electron chi connectivity index (χ2n) is 5.81. The first-order valence-corrected chi connectivity index (χ1v) is 7.78. The van der Waals surface area contributed by atoms with Gasteiger partial charge in [-0.05, 0) is 39.9 Å². The van der Waals surface area contributed by atoms with Crippen LogP contribution < -0.4 is 10.6 Å². The van der Waals surface area contributed by atoms with Crippen LogP contribution in [0.4, 0.5) is 0 Å². The molecule has 1 aliphatic rings. The van der Waals surface area contributed by atoms with E-state index in [0.29, 0.717) is 17.7 Å². The van der Waals surface area contributed by atoms with E-state index in [2.05, 4.69) is 37.7 Å². The van der Waals surface area contributed by atoms with Gasteiger partial charge in [-0.25, -0.2) is 0 Å². The maximum absolute atomic E-state index is 11.8. The fourth-order valence-corrected chi connectivity index (χ4v) is 3.14.